The second kappa shape index (κ2) is 9.14. The first-order chi connectivity index (χ1) is 13.5. The number of pyridine rings is 1. The average Bonchev–Trinajstić information content (AvgIpc) is 3.23. The lowest BCUT2D eigenvalue weighted by Crippen LogP contribution is -2.40. The van der Waals surface area contributed by atoms with Crippen LogP contribution in [0.3, 0.4) is 0 Å². The molecule has 0 bridgehead atoms. The van der Waals surface area contributed by atoms with Crippen molar-refractivity contribution in [1.29, 1.82) is 0 Å². The molecule has 0 fully saturated rings. The van der Waals surface area contributed by atoms with E-state index in [1.807, 2.05) is 38.5 Å². The number of carbonyl (C=O) groups is 1. The molecule has 0 radical (unpaired) electrons. The summed E-state index contributed by atoms with van der Waals surface area (Å²) in [6.45, 7) is 3.00. The van der Waals surface area contributed by atoms with Gasteiger partial charge in [0, 0.05) is 31.7 Å². The highest BCUT2D eigenvalue weighted by molar-refractivity contribution is 5.73. The standard InChI is InChI=1S/C21H26N6O/c1-16-5-8-18(9-6-16)19(26(2)3)15-24-21(28)23-14-17-7-10-20(22-13-17)27-12-4-11-25-27/h4-13,19H,14-15H2,1-3H3,(H2,23,24,28)/t19-/m1/s1. The third-order valence-corrected chi connectivity index (χ3v) is 4.54. The van der Waals surface area contributed by atoms with Gasteiger partial charge in [-0.3, -0.25) is 0 Å². The highest BCUT2D eigenvalue weighted by Crippen LogP contribution is 2.17. The lowest BCUT2D eigenvalue weighted by Gasteiger charge is -2.25. The first-order valence-electron chi connectivity index (χ1n) is 9.22. The number of rotatable bonds is 7. The quantitative estimate of drug-likeness (QED) is 0.663. The van der Waals surface area contributed by atoms with Crippen LogP contribution in [0.5, 0.6) is 0 Å². The first-order valence-corrected chi connectivity index (χ1v) is 9.22. The van der Waals surface area contributed by atoms with E-state index < -0.39 is 0 Å². The summed E-state index contributed by atoms with van der Waals surface area (Å²) in [6, 6.07) is 14.0. The summed E-state index contributed by atoms with van der Waals surface area (Å²) in [4.78, 5) is 18.7. The summed E-state index contributed by atoms with van der Waals surface area (Å²) in [5, 5.41) is 9.98. The minimum Gasteiger partial charge on any atom is -0.336 e. The van der Waals surface area contributed by atoms with Gasteiger partial charge in [-0.2, -0.15) is 5.10 Å². The van der Waals surface area contributed by atoms with Crippen molar-refractivity contribution >= 4 is 6.03 Å². The molecule has 2 N–H and O–H groups in total. The number of aryl methyl sites for hydroxylation is 1. The van der Waals surface area contributed by atoms with Gasteiger partial charge in [-0.05, 0) is 44.3 Å². The van der Waals surface area contributed by atoms with E-state index >= 15 is 0 Å². The smallest absolute Gasteiger partial charge is 0.315 e. The van der Waals surface area contributed by atoms with Gasteiger partial charge in [0.1, 0.15) is 0 Å². The predicted molar refractivity (Wildman–Crippen MR) is 109 cm³/mol. The Bertz CT molecular complexity index is 872. The molecule has 28 heavy (non-hydrogen) atoms. The number of nitrogens with zero attached hydrogens (tertiary/aromatic N) is 4. The van der Waals surface area contributed by atoms with Crippen LogP contribution in [0.25, 0.3) is 5.82 Å². The van der Waals surface area contributed by atoms with E-state index in [0.717, 1.165) is 11.4 Å². The van der Waals surface area contributed by atoms with Crippen molar-refractivity contribution in [2.24, 2.45) is 0 Å². The van der Waals surface area contributed by atoms with Gasteiger partial charge in [0.25, 0.3) is 0 Å². The highest BCUT2D eigenvalue weighted by Gasteiger charge is 2.15. The molecule has 7 heteroatoms. The number of amides is 2. The first kappa shape index (κ1) is 19.6. The van der Waals surface area contributed by atoms with E-state index in [-0.39, 0.29) is 12.1 Å². The minimum absolute atomic E-state index is 0.112. The number of likely N-dealkylation sites (N-methyl/N-ethyl adjacent to an activating group) is 1. The van der Waals surface area contributed by atoms with Gasteiger partial charge in [0.15, 0.2) is 5.82 Å². The molecule has 0 aliphatic carbocycles. The Kier molecular flexibility index (Phi) is 6.39. The average molecular weight is 378 g/mol. The zero-order valence-electron chi connectivity index (χ0n) is 16.5. The largest absolute Gasteiger partial charge is 0.336 e. The highest BCUT2D eigenvalue weighted by atomic mass is 16.2. The Hall–Kier alpha value is -3.19. The van der Waals surface area contributed by atoms with Crippen molar-refractivity contribution < 1.29 is 4.79 Å². The van der Waals surface area contributed by atoms with E-state index in [4.69, 9.17) is 0 Å². The van der Waals surface area contributed by atoms with Crippen LogP contribution in [0.15, 0.2) is 61.1 Å². The maximum atomic E-state index is 12.2. The maximum absolute atomic E-state index is 12.2. The number of nitrogens with one attached hydrogen (secondary N) is 2. The SMILES string of the molecule is Cc1ccc([C@@H](CNC(=O)NCc2ccc(-n3cccn3)nc2)N(C)C)cc1. The molecule has 1 aromatic carbocycles. The van der Waals surface area contributed by atoms with Gasteiger partial charge in [0.05, 0.1) is 6.04 Å². The number of benzene rings is 1. The van der Waals surface area contributed by atoms with Crippen molar-refractivity contribution in [2.45, 2.75) is 19.5 Å². The lowest BCUT2D eigenvalue weighted by atomic mass is 10.0. The number of urea groups is 1. The van der Waals surface area contributed by atoms with Crippen molar-refractivity contribution in [2.75, 3.05) is 20.6 Å². The molecule has 3 aromatic rings. The van der Waals surface area contributed by atoms with E-state index in [0.29, 0.717) is 13.1 Å². The van der Waals surface area contributed by atoms with Gasteiger partial charge >= 0.3 is 6.03 Å². The van der Waals surface area contributed by atoms with Gasteiger partial charge in [-0.1, -0.05) is 35.9 Å². The Morgan fingerprint density at radius 3 is 2.54 bits per heavy atom. The van der Waals surface area contributed by atoms with Crippen molar-refractivity contribution in [3.05, 3.63) is 77.7 Å². The van der Waals surface area contributed by atoms with Crippen LogP contribution in [0.1, 0.15) is 22.7 Å². The summed E-state index contributed by atoms with van der Waals surface area (Å²) >= 11 is 0. The summed E-state index contributed by atoms with van der Waals surface area (Å²) in [7, 11) is 4.02. The van der Waals surface area contributed by atoms with Crippen LogP contribution < -0.4 is 10.6 Å². The number of hydrogen-bond donors (Lipinski definition) is 2. The van der Waals surface area contributed by atoms with Crippen molar-refractivity contribution in [3.8, 4) is 5.82 Å². The molecule has 2 heterocycles. The molecular weight excluding hydrogens is 352 g/mol. The topological polar surface area (TPSA) is 75.1 Å². The second-order valence-corrected chi connectivity index (χ2v) is 6.93. The van der Waals surface area contributed by atoms with Gasteiger partial charge in [0.2, 0.25) is 0 Å². The zero-order valence-corrected chi connectivity index (χ0v) is 16.5. The molecular formula is C21H26N6O. The molecule has 0 unspecified atom stereocenters. The molecule has 7 nitrogen and oxygen atoms in total. The van der Waals surface area contributed by atoms with Crippen LogP contribution in [-0.4, -0.2) is 46.3 Å². The van der Waals surface area contributed by atoms with E-state index in [9.17, 15) is 4.79 Å². The Labute approximate surface area is 165 Å². The monoisotopic (exact) mass is 378 g/mol. The van der Waals surface area contributed by atoms with Gasteiger partial charge < -0.3 is 15.5 Å². The fourth-order valence-electron chi connectivity index (χ4n) is 2.88. The lowest BCUT2D eigenvalue weighted by molar-refractivity contribution is 0.232. The Morgan fingerprint density at radius 1 is 1.14 bits per heavy atom. The molecule has 146 valence electrons. The molecule has 0 spiro atoms. The molecule has 2 amide bonds. The summed E-state index contributed by atoms with van der Waals surface area (Å²) in [5.41, 5.74) is 3.32. The molecule has 1 atom stereocenters. The number of hydrogen-bond acceptors (Lipinski definition) is 4. The maximum Gasteiger partial charge on any atom is 0.315 e. The fourth-order valence-corrected chi connectivity index (χ4v) is 2.88. The van der Waals surface area contributed by atoms with E-state index in [1.165, 1.54) is 11.1 Å². The van der Waals surface area contributed by atoms with Crippen molar-refractivity contribution in [1.82, 2.24) is 30.3 Å². The summed E-state index contributed by atoms with van der Waals surface area (Å²) in [5.74, 6) is 0.741. The van der Waals surface area contributed by atoms with Crippen LogP contribution in [0.4, 0.5) is 4.79 Å². The third-order valence-electron chi connectivity index (χ3n) is 4.54. The third kappa shape index (κ3) is 5.17. The summed E-state index contributed by atoms with van der Waals surface area (Å²) < 4.78 is 1.69. The van der Waals surface area contributed by atoms with E-state index in [1.54, 1.807) is 17.1 Å². The summed E-state index contributed by atoms with van der Waals surface area (Å²) in [6.07, 6.45) is 5.29. The van der Waals surface area contributed by atoms with Crippen LogP contribution in [0, 0.1) is 6.92 Å². The molecule has 0 saturated carbocycles. The zero-order chi connectivity index (χ0) is 19.9. The van der Waals surface area contributed by atoms with Crippen molar-refractivity contribution in [3.63, 3.8) is 0 Å². The minimum atomic E-state index is -0.199. The number of carbonyl (C=O) groups excluding carboxylic acids is 1. The number of aromatic nitrogens is 3. The molecule has 3 rings (SSSR count). The van der Waals surface area contributed by atoms with Crippen LogP contribution in [0.2, 0.25) is 0 Å². The molecule has 0 aliphatic rings. The van der Waals surface area contributed by atoms with Crippen LogP contribution in [-0.2, 0) is 6.54 Å². The fraction of sp³-hybridized carbons (Fsp3) is 0.286. The Balaban J connectivity index is 1.50. The molecule has 0 aliphatic heterocycles. The van der Waals surface area contributed by atoms with Gasteiger partial charge in [-0.25, -0.2) is 14.5 Å². The molecule has 0 saturated heterocycles. The van der Waals surface area contributed by atoms with Gasteiger partial charge in [-0.15, -0.1) is 0 Å². The van der Waals surface area contributed by atoms with Crippen LogP contribution >= 0.6 is 0 Å². The Morgan fingerprint density at radius 2 is 1.93 bits per heavy atom. The predicted octanol–water partition coefficient (Wildman–Crippen LogP) is 2.68. The second-order valence-electron chi connectivity index (χ2n) is 6.93. The van der Waals surface area contributed by atoms with E-state index in [2.05, 4.69) is 56.8 Å². The molecule has 2 aromatic heterocycles. The normalized spacial score (nSPS) is 12.0.